The first-order valence-corrected chi connectivity index (χ1v) is 11.4. The number of aryl methyl sites for hydroxylation is 1. The Kier molecular flexibility index (Phi) is 4.58. The molecule has 1 aliphatic heterocycles. The van der Waals surface area contributed by atoms with Gasteiger partial charge in [0.15, 0.2) is 9.84 Å². The Morgan fingerprint density at radius 2 is 2.23 bits per heavy atom. The summed E-state index contributed by atoms with van der Waals surface area (Å²) in [4.78, 5) is 10.00. The average Bonchev–Trinajstić information content (AvgIpc) is 3.06. The van der Waals surface area contributed by atoms with Gasteiger partial charge in [-0.3, -0.25) is 4.90 Å². The van der Waals surface area contributed by atoms with E-state index < -0.39 is 9.84 Å². The fourth-order valence-electron chi connectivity index (χ4n) is 3.57. The highest BCUT2D eigenvalue weighted by atomic mass is 32.2. The van der Waals surface area contributed by atoms with Crippen molar-refractivity contribution in [2.45, 2.75) is 31.7 Å². The number of para-hydroxylation sites is 1. The molecule has 3 aromatic rings. The Labute approximate surface area is 155 Å². The van der Waals surface area contributed by atoms with Gasteiger partial charge in [0.1, 0.15) is 16.6 Å². The van der Waals surface area contributed by atoms with Gasteiger partial charge in [0, 0.05) is 35.8 Å². The van der Waals surface area contributed by atoms with Gasteiger partial charge in [-0.05, 0) is 31.0 Å². The van der Waals surface area contributed by atoms with Crippen LogP contribution in [0.25, 0.3) is 10.9 Å². The number of H-pyrrole nitrogens is 1. The molecule has 2 aromatic heterocycles. The summed E-state index contributed by atoms with van der Waals surface area (Å²) in [5.74, 6) is -0.227. The first-order valence-electron chi connectivity index (χ1n) is 8.50. The first kappa shape index (κ1) is 17.6. The standard InChI is InChI=1S/C18H20FN3O2S2/c1-26(23,24)11-17-20-12(10-25-17)8-22-7-3-5-13-14-4-2-6-15(19)18(14)21-16(13)9-22/h2,4,6,10,21H,3,5,7-9,11H2,1H3. The lowest BCUT2D eigenvalue weighted by Gasteiger charge is -2.18. The molecule has 138 valence electrons. The third-order valence-corrected chi connectivity index (χ3v) is 6.51. The van der Waals surface area contributed by atoms with Gasteiger partial charge in [-0.25, -0.2) is 17.8 Å². The smallest absolute Gasteiger partial charge is 0.153 e. The van der Waals surface area contributed by atoms with E-state index in [9.17, 15) is 12.8 Å². The van der Waals surface area contributed by atoms with Crippen molar-refractivity contribution < 1.29 is 12.8 Å². The van der Waals surface area contributed by atoms with Crippen LogP contribution >= 0.6 is 11.3 Å². The molecule has 0 unspecified atom stereocenters. The number of hydrogen-bond donors (Lipinski definition) is 1. The number of rotatable bonds is 4. The second kappa shape index (κ2) is 6.75. The van der Waals surface area contributed by atoms with Crippen LogP contribution in [-0.4, -0.2) is 36.1 Å². The van der Waals surface area contributed by atoms with Crippen LogP contribution in [0, 0.1) is 5.82 Å². The Morgan fingerprint density at radius 1 is 1.38 bits per heavy atom. The maximum atomic E-state index is 14.1. The minimum Gasteiger partial charge on any atom is -0.355 e. The van der Waals surface area contributed by atoms with Crippen molar-refractivity contribution in [3.63, 3.8) is 0 Å². The molecule has 0 aliphatic carbocycles. The average molecular weight is 394 g/mol. The Hall–Kier alpha value is -1.77. The lowest BCUT2D eigenvalue weighted by atomic mass is 10.1. The highest BCUT2D eigenvalue weighted by Gasteiger charge is 2.21. The fraction of sp³-hybridized carbons (Fsp3) is 0.389. The van der Waals surface area contributed by atoms with Gasteiger partial charge in [-0.15, -0.1) is 11.3 Å². The highest BCUT2D eigenvalue weighted by molar-refractivity contribution is 7.90. The molecule has 0 atom stereocenters. The van der Waals surface area contributed by atoms with Crippen molar-refractivity contribution in [2.75, 3.05) is 12.8 Å². The van der Waals surface area contributed by atoms with Crippen molar-refractivity contribution in [3.8, 4) is 0 Å². The lowest BCUT2D eigenvalue weighted by molar-refractivity contribution is 0.256. The Morgan fingerprint density at radius 3 is 3.04 bits per heavy atom. The fourth-order valence-corrected chi connectivity index (χ4v) is 5.57. The molecule has 1 aromatic carbocycles. The SMILES string of the molecule is CS(=O)(=O)Cc1nc(CN2CCCc3c([nH]c4c(F)cccc34)C2)cs1. The summed E-state index contributed by atoms with van der Waals surface area (Å²) in [6.45, 7) is 2.30. The third-order valence-electron chi connectivity index (χ3n) is 4.63. The van der Waals surface area contributed by atoms with Crippen molar-refractivity contribution in [1.82, 2.24) is 14.9 Å². The number of benzene rings is 1. The zero-order valence-electron chi connectivity index (χ0n) is 14.5. The van der Waals surface area contributed by atoms with Crippen LogP contribution in [0.4, 0.5) is 4.39 Å². The third kappa shape index (κ3) is 3.67. The molecule has 3 heterocycles. The molecule has 1 N–H and O–H groups in total. The quantitative estimate of drug-likeness (QED) is 0.739. The summed E-state index contributed by atoms with van der Waals surface area (Å²) in [7, 11) is -3.07. The zero-order valence-corrected chi connectivity index (χ0v) is 16.1. The number of aromatic nitrogens is 2. The number of sulfone groups is 1. The monoisotopic (exact) mass is 393 g/mol. The van der Waals surface area contributed by atoms with Crippen molar-refractivity contribution in [3.05, 3.63) is 51.4 Å². The zero-order chi connectivity index (χ0) is 18.3. The molecule has 0 radical (unpaired) electrons. The van der Waals surface area contributed by atoms with Crippen LogP contribution in [0.2, 0.25) is 0 Å². The first-order chi connectivity index (χ1) is 12.4. The number of halogens is 1. The molecule has 26 heavy (non-hydrogen) atoms. The molecular weight excluding hydrogens is 373 g/mol. The summed E-state index contributed by atoms with van der Waals surface area (Å²) >= 11 is 1.39. The minimum absolute atomic E-state index is 0.0108. The van der Waals surface area contributed by atoms with Gasteiger partial charge in [0.25, 0.3) is 0 Å². The van der Waals surface area contributed by atoms with E-state index in [1.54, 1.807) is 6.07 Å². The van der Waals surface area contributed by atoms with Gasteiger partial charge in [-0.1, -0.05) is 12.1 Å². The maximum Gasteiger partial charge on any atom is 0.153 e. The van der Waals surface area contributed by atoms with Crippen LogP contribution in [0.15, 0.2) is 23.6 Å². The second-order valence-electron chi connectivity index (χ2n) is 6.86. The van der Waals surface area contributed by atoms with Crippen LogP contribution in [0.1, 0.15) is 28.4 Å². The molecule has 0 saturated carbocycles. The van der Waals surface area contributed by atoms with E-state index in [0.29, 0.717) is 23.6 Å². The van der Waals surface area contributed by atoms with Crippen molar-refractivity contribution in [1.29, 1.82) is 0 Å². The van der Waals surface area contributed by atoms with Gasteiger partial charge in [0.05, 0.1) is 11.2 Å². The Balaban J connectivity index is 1.54. The highest BCUT2D eigenvalue weighted by Crippen LogP contribution is 2.29. The van der Waals surface area contributed by atoms with Gasteiger partial charge in [0.2, 0.25) is 0 Å². The minimum atomic E-state index is -3.07. The summed E-state index contributed by atoms with van der Waals surface area (Å²) in [6.07, 6.45) is 3.14. The predicted molar refractivity (Wildman–Crippen MR) is 101 cm³/mol. The van der Waals surface area contributed by atoms with Gasteiger partial charge >= 0.3 is 0 Å². The lowest BCUT2D eigenvalue weighted by Crippen LogP contribution is -2.23. The number of nitrogens with zero attached hydrogens (tertiary/aromatic N) is 2. The molecule has 0 saturated heterocycles. The molecule has 0 spiro atoms. The van der Waals surface area contributed by atoms with E-state index in [1.807, 2.05) is 11.4 Å². The van der Waals surface area contributed by atoms with E-state index in [4.69, 9.17) is 0 Å². The molecule has 0 amide bonds. The number of nitrogens with one attached hydrogen (secondary N) is 1. The largest absolute Gasteiger partial charge is 0.355 e. The molecular formula is C18H20FN3O2S2. The van der Waals surface area contributed by atoms with E-state index in [0.717, 1.165) is 36.2 Å². The van der Waals surface area contributed by atoms with Crippen molar-refractivity contribution in [2.24, 2.45) is 0 Å². The molecule has 0 bridgehead atoms. The van der Waals surface area contributed by atoms with Crippen LogP contribution in [-0.2, 0) is 35.1 Å². The molecule has 8 heteroatoms. The van der Waals surface area contributed by atoms with E-state index >= 15 is 0 Å². The molecule has 1 aliphatic rings. The second-order valence-corrected chi connectivity index (χ2v) is 9.94. The van der Waals surface area contributed by atoms with Crippen LogP contribution < -0.4 is 0 Å². The van der Waals surface area contributed by atoms with Gasteiger partial charge in [-0.2, -0.15) is 0 Å². The molecule has 5 nitrogen and oxygen atoms in total. The maximum absolute atomic E-state index is 14.1. The molecule has 0 fully saturated rings. The van der Waals surface area contributed by atoms with Crippen molar-refractivity contribution >= 4 is 32.1 Å². The summed E-state index contributed by atoms with van der Waals surface area (Å²) in [6, 6.07) is 5.21. The number of thiazole rings is 1. The van der Waals surface area contributed by atoms with Gasteiger partial charge < -0.3 is 4.98 Å². The number of fused-ring (bicyclic) bond motifs is 3. The summed E-state index contributed by atoms with van der Waals surface area (Å²) in [5, 5.41) is 3.54. The summed E-state index contributed by atoms with van der Waals surface area (Å²) in [5.41, 5.74) is 3.75. The number of hydrogen-bond acceptors (Lipinski definition) is 5. The predicted octanol–water partition coefficient (Wildman–Crippen LogP) is 3.26. The molecule has 4 rings (SSSR count). The Bertz CT molecular complexity index is 1060. The number of aromatic amines is 1. The van der Waals surface area contributed by atoms with Crippen LogP contribution in [0.3, 0.4) is 0 Å². The normalized spacial score (nSPS) is 15.9. The topological polar surface area (TPSA) is 66.1 Å². The van der Waals surface area contributed by atoms with E-state index in [-0.39, 0.29) is 11.6 Å². The van der Waals surface area contributed by atoms with E-state index in [2.05, 4.69) is 14.9 Å². The summed E-state index contributed by atoms with van der Waals surface area (Å²) < 4.78 is 36.9. The van der Waals surface area contributed by atoms with E-state index in [1.165, 1.54) is 29.2 Å². The van der Waals surface area contributed by atoms with Crippen LogP contribution in [0.5, 0.6) is 0 Å².